The van der Waals surface area contributed by atoms with E-state index >= 15 is 0 Å². The lowest BCUT2D eigenvalue weighted by atomic mass is 9.98. The Kier molecular flexibility index (Phi) is 9.07. The van der Waals surface area contributed by atoms with Crippen LogP contribution in [0.4, 0.5) is 0 Å². The Bertz CT molecular complexity index is 326. The van der Waals surface area contributed by atoms with Gasteiger partial charge in [-0.05, 0) is 43.9 Å². The molecule has 0 N–H and O–H groups in total. The van der Waals surface area contributed by atoms with E-state index in [4.69, 9.17) is 4.74 Å². The molecule has 2 fully saturated rings. The van der Waals surface area contributed by atoms with Crippen LogP contribution in [0.15, 0.2) is 0 Å². The minimum Gasteiger partial charge on any atom is -0.462 e. The summed E-state index contributed by atoms with van der Waals surface area (Å²) in [4.78, 5) is 11.9. The monoisotopic (exact) mass is 322 g/mol. The molecule has 2 saturated carbocycles. The molecule has 3 atom stereocenters. The van der Waals surface area contributed by atoms with Gasteiger partial charge in [0.25, 0.3) is 0 Å². The number of hydrogen-bond donors (Lipinski definition) is 0. The fraction of sp³-hybridized carbons (Fsp3) is 0.952. The molecule has 0 saturated heterocycles. The predicted octanol–water partition coefficient (Wildman–Crippen LogP) is 6.42. The molecule has 0 aromatic carbocycles. The molecule has 2 aliphatic carbocycles. The maximum Gasteiger partial charge on any atom is 0.306 e. The SMILES string of the molecule is CCCCCCCCCCCCCC(=O)OC1CC2CCC1C2. The predicted molar refractivity (Wildman–Crippen MR) is 96.4 cm³/mol. The molecule has 2 bridgehead atoms. The molecule has 2 aliphatic rings. The van der Waals surface area contributed by atoms with E-state index in [-0.39, 0.29) is 12.1 Å². The molecule has 2 rings (SSSR count). The zero-order valence-corrected chi connectivity index (χ0v) is 15.4. The van der Waals surface area contributed by atoms with Gasteiger partial charge in [-0.2, -0.15) is 0 Å². The smallest absolute Gasteiger partial charge is 0.306 e. The van der Waals surface area contributed by atoms with Crippen LogP contribution in [0.25, 0.3) is 0 Å². The number of unbranched alkanes of at least 4 members (excludes halogenated alkanes) is 10. The van der Waals surface area contributed by atoms with Gasteiger partial charge in [0.1, 0.15) is 6.10 Å². The van der Waals surface area contributed by atoms with Gasteiger partial charge in [0.15, 0.2) is 0 Å². The lowest BCUT2D eigenvalue weighted by Gasteiger charge is -2.21. The van der Waals surface area contributed by atoms with Crippen molar-refractivity contribution in [2.75, 3.05) is 0 Å². The molecule has 2 heteroatoms. The lowest BCUT2D eigenvalue weighted by Crippen LogP contribution is -2.23. The van der Waals surface area contributed by atoms with Gasteiger partial charge in [0.05, 0.1) is 0 Å². The highest BCUT2D eigenvalue weighted by Crippen LogP contribution is 2.45. The van der Waals surface area contributed by atoms with E-state index in [0.29, 0.717) is 12.3 Å². The van der Waals surface area contributed by atoms with Gasteiger partial charge in [0.2, 0.25) is 0 Å². The van der Waals surface area contributed by atoms with E-state index in [2.05, 4.69) is 6.92 Å². The fourth-order valence-corrected chi connectivity index (χ4v) is 4.49. The highest BCUT2D eigenvalue weighted by Gasteiger charge is 2.41. The first-order valence-corrected chi connectivity index (χ1v) is 10.5. The summed E-state index contributed by atoms with van der Waals surface area (Å²) >= 11 is 0. The van der Waals surface area contributed by atoms with Crippen LogP contribution in [0.1, 0.15) is 110 Å². The average molecular weight is 323 g/mol. The van der Waals surface area contributed by atoms with Crippen LogP contribution in [0.3, 0.4) is 0 Å². The maximum absolute atomic E-state index is 11.9. The van der Waals surface area contributed by atoms with E-state index in [1.807, 2.05) is 0 Å². The maximum atomic E-state index is 11.9. The number of carbonyl (C=O) groups excluding carboxylic acids is 1. The highest BCUT2D eigenvalue weighted by molar-refractivity contribution is 5.69. The molecule has 3 unspecified atom stereocenters. The van der Waals surface area contributed by atoms with Crippen LogP contribution in [-0.4, -0.2) is 12.1 Å². The van der Waals surface area contributed by atoms with Crippen molar-refractivity contribution in [1.82, 2.24) is 0 Å². The van der Waals surface area contributed by atoms with Gasteiger partial charge in [-0.25, -0.2) is 0 Å². The first kappa shape index (κ1) is 18.8. The number of ether oxygens (including phenoxy) is 1. The minimum atomic E-state index is 0.0680. The van der Waals surface area contributed by atoms with E-state index in [0.717, 1.165) is 18.8 Å². The Labute approximate surface area is 143 Å². The summed E-state index contributed by atoms with van der Waals surface area (Å²) < 4.78 is 5.70. The summed E-state index contributed by atoms with van der Waals surface area (Å²) in [6, 6.07) is 0. The molecule has 0 spiro atoms. The van der Waals surface area contributed by atoms with E-state index < -0.39 is 0 Å². The second-order valence-electron chi connectivity index (χ2n) is 7.99. The van der Waals surface area contributed by atoms with Crippen LogP contribution in [-0.2, 0) is 9.53 Å². The number of carbonyl (C=O) groups is 1. The molecule has 0 radical (unpaired) electrons. The first-order chi connectivity index (χ1) is 11.3. The van der Waals surface area contributed by atoms with E-state index in [9.17, 15) is 4.79 Å². The third kappa shape index (κ3) is 7.27. The molecule has 134 valence electrons. The number of hydrogen-bond acceptors (Lipinski definition) is 2. The largest absolute Gasteiger partial charge is 0.462 e. The van der Waals surface area contributed by atoms with Crippen LogP contribution >= 0.6 is 0 Å². The summed E-state index contributed by atoms with van der Waals surface area (Å²) in [6.45, 7) is 2.27. The molecule has 23 heavy (non-hydrogen) atoms. The van der Waals surface area contributed by atoms with Gasteiger partial charge in [-0.1, -0.05) is 71.1 Å². The highest BCUT2D eigenvalue weighted by atomic mass is 16.5. The topological polar surface area (TPSA) is 26.3 Å². The lowest BCUT2D eigenvalue weighted by molar-refractivity contribution is -0.151. The number of fused-ring (bicyclic) bond motifs is 2. The van der Waals surface area contributed by atoms with Crippen LogP contribution in [0.2, 0.25) is 0 Å². The van der Waals surface area contributed by atoms with Crippen molar-refractivity contribution in [1.29, 1.82) is 0 Å². The third-order valence-electron chi connectivity index (χ3n) is 5.94. The zero-order valence-electron chi connectivity index (χ0n) is 15.4. The third-order valence-corrected chi connectivity index (χ3v) is 5.94. The molecule has 2 nitrogen and oxygen atoms in total. The first-order valence-electron chi connectivity index (χ1n) is 10.5. The molecular weight excluding hydrogens is 284 g/mol. The number of rotatable bonds is 13. The second-order valence-corrected chi connectivity index (χ2v) is 7.99. The standard InChI is InChI=1S/C21H38O2/c1-2-3-4-5-6-7-8-9-10-11-12-13-21(22)23-20-17-18-14-15-19(20)16-18/h18-20H,2-17H2,1H3. The molecule has 0 aromatic heterocycles. The van der Waals surface area contributed by atoms with Gasteiger partial charge in [-0.15, -0.1) is 0 Å². The summed E-state index contributed by atoms with van der Waals surface area (Å²) in [5.74, 6) is 1.62. The Morgan fingerprint density at radius 3 is 1.96 bits per heavy atom. The van der Waals surface area contributed by atoms with E-state index in [1.54, 1.807) is 0 Å². The van der Waals surface area contributed by atoms with Crippen molar-refractivity contribution >= 4 is 5.97 Å². The average Bonchev–Trinajstić information content (AvgIpc) is 3.15. The van der Waals surface area contributed by atoms with Crippen molar-refractivity contribution < 1.29 is 9.53 Å². The zero-order chi connectivity index (χ0) is 16.3. The fourth-order valence-electron chi connectivity index (χ4n) is 4.49. The summed E-state index contributed by atoms with van der Waals surface area (Å²) in [5, 5.41) is 0. The van der Waals surface area contributed by atoms with Gasteiger partial charge >= 0.3 is 5.97 Å². The molecule has 0 heterocycles. The summed E-state index contributed by atoms with van der Waals surface area (Å²) in [5.41, 5.74) is 0. The normalized spacial score (nSPS) is 25.9. The second kappa shape index (κ2) is 11.1. The van der Waals surface area contributed by atoms with Crippen molar-refractivity contribution in [2.24, 2.45) is 11.8 Å². The molecule has 0 amide bonds. The Hall–Kier alpha value is -0.530. The minimum absolute atomic E-state index is 0.0680. The van der Waals surface area contributed by atoms with Crippen molar-refractivity contribution in [2.45, 2.75) is 116 Å². The van der Waals surface area contributed by atoms with Crippen molar-refractivity contribution in [3.05, 3.63) is 0 Å². The Morgan fingerprint density at radius 1 is 0.826 bits per heavy atom. The van der Waals surface area contributed by atoms with Crippen LogP contribution in [0, 0.1) is 11.8 Å². The molecule has 0 aliphatic heterocycles. The van der Waals surface area contributed by atoms with Crippen LogP contribution in [0.5, 0.6) is 0 Å². The van der Waals surface area contributed by atoms with Crippen molar-refractivity contribution in [3.8, 4) is 0 Å². The van der Waals surface area contributed by atoms with Gasteiger partial charge < -0.3 is 4.74 Å². The van der Waals surface area contributed by atoms with E-state index in [1.165, 1.54) is 83.5 Å². The van der Waals surface area contributed by atoms with Crippen molar-refractivity contribution in [3.63, 3.8) is 0 Å². The summed E-state index contributed by atoms with van der Waals surface area (Å²) in [6.07, 6.45) is 20.7. The van der Waals surface area contributed by atoms with Gasteiger partial charge in [0, 0.05) is 6.42 Å². The Morgan fingerprint density at radius 2 is 1.43 bits per heavy atom. The summed E-state index contributed by atoms with van der Waals surface area (Å²) in [7, 11) is 0. The van der Waals surface area contributed by atoms with Crippen LogP contribution < -0.4 is 0 Å². The number of esters is 1. The Balaban J connectivity index is 1.34. The van der Waals surface area contributed by atoms with Gasteiger partial charge in [-0.3, -0.25) is 4.79 Å². The molecule has 0 aromatic rings. The molecular formula is C21H38O2. The quantitative estimate of drug-likeness (QED) is 0.289.